The van der Waals surface area contributed by atoms with Crippen molar-refractivity contribution in [2.24, 2.45) is 0 Å². The molecule has 29 heavy (non-hydrogen) atoms. The second kappa shape index (κ2) is 8.22. The number of hydrogen-bond acceptors (Lipinski definition) is 7. The molecule has 1 aliphatic heterocycles. The molecule has 0 bridgehead atoms. The molecule has 1 aliphatic rings. The van der Waals surface area contributed by atoms with Gasteiger partial charge in [-0.05, 0) is 51.2 Å². The number of nitrogens with two attached hydrogens (primary N) is 1. The second-order valence-corrected chi connectivity index (χ2v) is 7.53. The topological polar surface area (TPSA) is 96.9 Å². The van der Waals surface area contributed by atoms with E-state index in [4.69, 9.17) is 17.3 Å². The first-order chi connectivity index (χ1) is 14.0. The van der Waals surface area contributed by atoms with Crippen molar-refractivity contribution < 1.29 is 4.39 Å². The van der Waals surface area contributed by atoms with Crippen LogP contribution in [-0.2, 0) is 0 Å². The van der Waals surface area contributed by atoms with Crippen LogP contribution >= 0.6 is 11.6 Å². The SMILES string of the molecule is CN1CCC(n2cc(Nc3ncc(Cl)c(Nc4cc(N)ccc4F)n3)cn2)CC1. The Morgan fingerprint density at radius 1 is 1.21 bits per heavy atom. The number of anilines is 5. The van der Waals surface area contributed by atoms with E-state index in [-0.39, 0.29) is 16.5 Å². The Kier molecular flexibility index (Phi) is 5.50. The Bertz CT molecular complexity index is 1000. The largest absolute Gasteiger partial charge is 0.399 e. The van der Waals surface area contributed by atoms with Gasteiger partial charge in [-0.2, -0.15) is 10.1 Å². The third-order valence-electron chi connectivity index (χ3n) is 4.91. The fourth-order valence-electron chi connectivity index (χ4n) is 3.27. The lowest BCUT2D eigenvalue weighted by Gasteiger charge is -2.28. The molecule has 152 valence electrons. The highest BCUT2D eigenvalue weighted by Crippen LogP contribution is 2.28. The summed E-state index contributed by atoms with van der Waals surface area (Å²) in [5, 5.41) is 10.7. The molecule has 0 aliphatic carbocycles. The van der Waals surface area contributed by atoms with Crippen molar-refractivity contribution in [1.29, 1.82) is 0 Å². The average molecular weight is 417 g/mol. The number of nitrogens with zero attached hydrogens (tertiary/aromatic N) is 5. The number of benzene rings is 1. The molecule has 0 spiro atoms. The second-order valence-electron chi connectivity index (χ2n) is 7.12. The van der Waals surface area contributed by atoms with Crippen molar-refractivity contribution in [2.75, 3.05) is 36.5 Å². The van der Waals surface area contributed by atoms with E-state index < -0.39 is 5.82 Å². The lowest BCUT2D eigenvalue weighted by atomic mass is 10.1. The summed E-state index contributed by atoms with van der Waals surface area (Å²) in [7, 11) is 2.13. The van der Waals surface area contributed by atoms with E-state index in [0.717, 1.165) is 31.6 Å². The highest BCUT2D eigenvalue weighted by atomic mass is 35.5. The molecule has 0 saturated carbocycles. The van der Waals surface area contributed by atoms with E-state index >= 15 is 0 Å². The molecule has 0 unspecified atom stereocenters. The number of nitrogens with one attached hydrogen (secondary N) is 2. The van der Waals surface area contributed by atoms with Gasteiger partial charge >= 0.3 is 0 Å². The maximum atomic E-state index is 14.0. The van der Waals surface area contributed by atoms with E-state index in [1.54, 1.807) is 6.20 Å². The molecule has 0 atom stereocenters. The molecule has 4 N–H and O–H groups in total. The van der Waals surface area contributed by atoms with Crippen LogP contribution in [-0.4, -0.2) is 44.8 Å². The van der Waals surface area contributed by atoms with E-state index in [9.17, 15) is 4.39 Å². The zero-order chi connectivity index (χ0) is 20.4. The van der Waals surface area contributed by atoms with Gasteiger partial charge in [0.25, 0.3) is 0 Å². The Hall–Kier alpha value is -2.91. The van der Waals surface area contributed by atoms with Gasteiger partial charge in [0.05, 0.1) is 29.8 Å². The normalized spacial score (nSPS) is 15.4. The fraction of sp³-hybridized carbons (Fsp3) is 0.316. The summed E-state index contributed by atoms with van der Waals surface area (Å²) in [4.78, 5) is 10.9. The van der Waals surface area contributed by atoms with Crippen molar-refractivity contribution in [3.05, 3.63) is 47.6 Å². The molecule has 1 fully saturated rings. The first-order valence-corrected chi connectivity index (χ1v) is 9.70. The quantitative estimate of drug-likeness (QED) is 0.544. The molecule has 3 heterocycles. The minimum atomic E-state index is -0.456. The first-order valence-electron chi connectivity index (χ1n) is 9.32. The van der Waals surface area contributed by atoms with E-state index in [0.29, 0.717) is 17.7 Å². The molecule has 1 saturated heterocycles. The molecule has 0 amide bonds. The van der Waals surface area contributed by atoms with Gasteiger partial charge in [0.2, 0.25) is 5.95 Å². The van der Waals surface area contributed by atoms with E-state index in [2.05, 4.69) is 37.6 Å². The number of rotatable bonds is 5. The summed E-state index contributed by atoms with van der Waals surface area (Å²) in [5.41, 5.74) is 7.11. The maximum absolute atomic E-state index is 14.0. The van der Waals surface area contributed by atoms with Crippen LogP contribution in [0.2, 0.25) is 5.02 Å². The van der Waals surface area contributed by atoms with Crippen LogP contribution in [0.25, 0.3) is 0 Å². The van der Waals surface area contributed by atoms with Gasteiger partial charge in [0.15, 0.2) is 5.82 Å². The van der Waals surface area contributed by atoms with Crippen molar-refractivity contribution in [2.45, 2.75) is 18.9 Å². The molecule has 4 rings (SSSR count). The van der Waals surface area contributed by atoms with Gasteiger partial charge in [-0.3, -0.25) is 4.68 Å². The molecule has 10 heteroatoms. The van der Waals surface area contributed by atoms with Crippen molar-refractivity contribution in [3.63, 3.8) is 0 Å². The summed E-state index contributed by atoms with van der Waals surface area (Å²) in [6.45, 7) is 2.12. The smallest absolute Gasteiger partial charge is 0.229 e. The van der Waals surface area contributed by atoms with Crippen LogP contribution in [0.1, 0.15) is 18.9 Å². The van der Waals surface area contributed by atoms with Gasteiger partial charge in [-0.25, -0.2) is 9.37 Å². The van der Waals surface area contributed by atoms with Gasteiger partial charge in [-0.1, -0.05) is 11.6 Å². The third-order valence-corrected chi connectivity index (χ3v) is 5.18. The zero-order valence-corrected chi connectivity index (χ0v) is 16.7. The third kappa shape index (κ3) is 4.57. The van der Waals surface area contributed by atoms with Crippen molar-refractivity contribution >= 4 is 40.4 Å². The highest BCUT2D eigenvalue weighted by molar-refractivity contribution is 6.32. The number of likely N-dealkylation sites (tertiary alicyclic amines) is 1. The first kappa shape index (κ1) is 19.4. The molecule has 1 aromatic carbocycles. The predicted molar refractivity (Wildman–Crippen MR) is 112 cm³/mol. The maximum Gasteiger partial charge on any atom is 0.229 e. The van der Waals surface area contributed by atoms with E-state index in [1.165, 1.54) is 24.4 Å². The minimum Gasteiger partial charge on any atom is -0.399 e. The average Bonchev–Trinajstić information content (AvgIpc) is 3.16. The molecule has 2 aromatic heterocycles. The highest BCUT2D eigenvalue weighted by Gasteiger charge is 2.19. The zero-order valence-electron chi connectivity index (χ0n) is 15.9. The van der Waals surface area contributed by atoms with E-state index in [1.807, 2.05) is 10.9 Å². The summed E-state index contributed by atoms with van der Waals surface area (Å²) in [6, 6.07) is 4.63. The number of hydrogen-bond donors (Lipinski definition) is 3. The van der Waals surface area contributed by atoms with Crippen molar-refractivity contribution in [1.82, 2.24) is 24.6 Å². The van der Waals surface area contributed by atoms with Gasteiger partial charge in [0.1, 0.15) is 10.8 Å². The number of piperidine rings is 1. The summed E-state index contributed by atoms with van der Waals surface area (Å²) < 4.78 is 16.0. The van der Waals surface area contributed by atoms with Crippen LogP contribution in [0.15, 0.2) is 36.8 Å². The number of nitrogen functional groups attached to an aromatic ring is 1. The predicted octanol–water partition coefficient (Wildman–Crippen LogP) is 3.80. The molecular weight excluding hydrogens is 395 g/mol. The molecule has 8 nitrogen and oxygen atoms in total. The lowest BCUT2D eigenvalue weighted by molar-refractivity contribution is 0.212. The van der Waals surface area contributed by atoms with Gasteiger partial charge in [0, 0.05) is 11.9 Å². The summed E-state index contributed by atoms with van der Waals surface area (Å²) in [5.74, 6) is 0.142. The van der Waals surface area contributed by atoms with Gasteiger partial charge in [-0.15, -0.1) is 0 Å². The van der Waals surface area contributed by atoms with Crippen LogP contribution in [0.5, 0.6) is 0 Å². The lowest BCUT2D eigenvalue weighted by Crippen LogP contribution is -2.31. The Morgan fingerprint density at radius 3 is 2.79 bits per heavy atom. The number of halogens is 2. The van der Waals surface area contributed by atoms with Crippen LogP contribution in [0.4, 0.5) is 33.2 Å². The standard InChI is InChI=1S/C19H22ClFN8/c1-28-6-4-14(5-7-28)29-11-13(9-24-29)25-19-23-10-15(20)18(27-19)26-17-8-12(22)2-3-16(17)21/h2-3,8-11,14H,4-7,22H2,1H3,(H2,23,25,26,27). The van der Waals surface area contributed by atoms with Gasteiger partial charge < -0.3 is 21.3 Å². The minimum absolute atomic E-state index is 0.187. The van der Waals surface area contributed by atoms with Crippen LogP contribution in [0.3, 0.4) is 0 Å². The Balaban J connectivity index is 1.49. The van der Waals surface area contributed by atoms with Crippen LogP contribution in [0, 0.1) is 5.82 Å². The summed E-state index contributed by atoms with van der Waals surface area (Å²) >= 11 is 6.17. The number of aromatic nitrogens is 4. The van der Waals surface area contributed by atoms with Crippen molar-refractivity contribution in [3.8, 4) is 0 Å². The van der Waals surface area contributed by atoms with Crippen LogP contribution < -0.4 is 16.4 Å². The molecule has 3 aromatic rings. The molecular formula is C19H22ClFN8. The Labute approximate surface area is 172 Å². The fourth-order valence-corrected chi connectivity index (χ4v) is 3.41. The monoisotopic (exact) mass is 416 g/mol. The summed E-state index contributed by atoms with van der Waals surface area (Å²) in [6.07, 6.45) is 7.26. The Morgan fingerprint density at radius 2 is 2.00 bits per heavy atom. The molecule has 0 radical (unpaired) electrons.